The minimum atomic E-state index is -4.02. The Bertz CT molecular complexity index is 757. The molecule has 0 radical (unpaired) electrons. The van der Waals surface area contributed by atoms with Crippen molar-refractivity contribution in [2.24, 2.45) is 0 Å². The van der Waals surface area contributed by atoms with E-state index in [1.165, 1.54) is 23.3 Å². The SMILES string of the molecule is Cc1ccc(S(=O)(=O)O)cc1.OCCN1CCc2ccccc2C1. The molecule has 0 fully saturated rings. The highest BCUT2D eigenvalue weighted by molar-refractivity contribution is 7.85. The third-order valence-corrected chi connectivity index (χ3v) is 4.81. The lowest BCUT2D eigenvalue weighted by Gasteiger charge is -2.27. The lowest BCUT2D eigenvalue weighted by Crippen LogP contribution is -2.32. The molecule has 0 atom stereocenters. The summed E-state index contributed by atoms with van der Waals surface area (Å²) in [5, 5.41) is 8.82. The maximum atomic E-state index is 10.5. The molecule has 2 aromatic carbocycles. The van der Waals surface area contributed by atoms with Gasteiger partial charge in [0.15, 0.2) is 0 Å². The Kier molecular flexibility index (Phi) is 6.51. The van der Waals surface area contributed by atoms with E-state index in [0.717, 1.165) is 31.6 Å². The van der Waals surface area contributed by atoms with E-state index in [9.17, 15) is 8.42 Å². The van der Waals surface area contributed by atoms with Crippen LogP contribution in [0.15, 0.2) is 53.4 Å². The molecule has 0 unspecified atom stereocenters. The molecule has 0 aromatic heterocycles. The smallest absolute Gasteiger partial charge is 0.294 e. The summed E-state index contributed by atoms with van der Waals surface area (Å²) in [6.07, 6.45) is 1.12. The number of β-amino-alcohol motifs (C(OH)–C–C–N with tert-alkyl or cyclic N) is 1. The van der Waals surface area contributed by atoms with E-state index in [-0.39, 0.29) is 11.5 Å². The van der Waals surface area contributed by atoms with E-state index < -0.39 is 10.1 Å². The Morgan fingerprint density at radius 1 is 1.04 bits per heavy atom. The molecule has 1 aliphatic rings. The zero-order chi connectivity index (χ0) is 17.6. The fourth-order valence-electron chi connectivity index (χ4n) is 2.60. The highest BCUT2D eigenvalue weighted by atomic mass is 32.2. The topological polar surface area (TPSA) is 77.8 Å². The van der Waals surface area contributed by atoms with Crippen LogP contribution >= 0.6 is 0 Å². The Balaban J connectivity index is 0.000000177. The number of benzene rings is 2. The van der Waals surface area contributed by atoms with Gasteiger partial charge < -0.3 is 5.11 Å². The predicted molar refractivity (Wildman–Crippen MR) is 93.5 cm³/mol. The standard InChI is InChI=1S/C11H15NO.C7H8O3S/c13-8-7-12-6-5-10-3-1-2-4-11(10)9-12;1-6-2-4-7(5-3-6)11(8,9)10/h1-4,13H,5-9H2;2-5H,1H3,(H,8,9,10). The Hall–Kier alpha value is -1.73. The van der Waals surface area contributed by atoms with E-state index in [1.807, 2.05) is 6.92 Å². The monoisotopic (exact) mass is 349 g/mol. The molecule has 0 spiro atoms. The largest absolute Gasteiger partial charge is 0.395 e. The first-order chi connectivity index (χ1) is 11.4. The quantitative estimate of drug-likeness (QED) is 0.831. The zero-order valence-corrected chi connectivity index (χ0v) is 14.5. The van der Waals surface area contributed by atoms with E-state index in [2.05, 4.69) is 29.2 Å². The minimum absolute atomic E-state index is 0.0666. The highest BCUT2D eigenvalue weighted by Crippen LogP contribution is 2.17. The van der Waals surface area contributed by atoms with Crippen LogP contribution in [-0.4, -0.2) is 42.7 Å². The predicted octanol–water partition coefficient (Wildman–Crippen LogP) is 2.28. The molecule has 0 saturated heterocycles. The number of aryl methyl sites for hydroxylation is 1. The van der Waals surface area contributed by atoms with Gasteiger partial charge in [0.1, 0.15) is 0 Å². The van der Waals surface area contributed by atoms with Crippen molar-refractivity contribution in [1.82, 2.24) is 4.90 Å². The molecule has 0 saturated carbocycles. The summed E-state index contributed by atoms with van der Waals surface area (Å²) in [4.78, 5) is 2.23. The average molecular weight is 349 g/mol. The summed E-state index contributed by atoms with van der Waals surface area (Å²) in [5.74, 6) is 0. The fraction of sp³-hybridized carbons (Fsp3) is 0.333. The van der Waals surface area contributed by atoms with Crippen molar-refractivity contribution in [3.8, 4) is 0 Å². The number of nitrogens with zero attached hydrogens (tertiary/aromatic N) is 1. The van der Waals surface area contributed by atoms with Gasteiger partial charge in [0.25, 0.3) is 10.1 Å². The van der Waals surface area contributed by atoms with Crippen molar-refractivity contribution in [3.05, 3.63) is 65.2 Å². The van der Waals surface area contributed by atoms with Gasteiger partial charge in [0, 0.05) is 19.6 Å². The molecule has 1 heterocycles. The fourth-order valence-corrected chi connectivity index (χ4v) is 3.08. The zero-order valence-electron chi connectivity index (χ0n) is 13.7. The maximum Gasteiger partial charge on any atom is 0.294 e. The summed E-state index contributed by atoms with van der Waals surface area (Å²) in [5.41, 5.74) is 3.84. The van der Waals surface area contributed by atoms with Crippen LogP contribution < -0.4 is 0 Å². The molecular weight excluding hydrogens is 326 g/mol. The number of hydrogen-bond donors (Lipinski definition) is 2. The van der Waals surface area contributed by atoms with Gasteiger partial charge in [0.2, 0.25) is 0 Å². The first-order valence-electron chi connectivity index (χ1n) is 7.84. The Morgan fingerprint density at radius 3 is 2.25 bits per heavy atom. The van der Waals surface area contributed by atoms with Gasteiger partial charge in [-0.2, -0.15) is 8.42 Å². The van der Waals surface area contributed by atoms with Crippen LogP contribution in [0.2, 0.25) is 0 Å². The Morgan fingerprint density at radius 2 is 1.67 bits per heavy atom. The van der Waals surface area contributed by atoms with E-state index in [1.54, 1.807) is 12.1 Å². The number of fused-ring (bicyclic) bond motifs is 1. The van der Waals surface area contributed by atoms with Gasteiger partial charge in [-0.25, -0.2) is 0 Å². The normalized spacial score (nSPS) is 14.5. The van der Waals surface area contributed by atoms with E-state index in [0.29, 0.717) is 0 Å². The van der Waals surface area contributed by atoms with Crippen molar-refractivity contribution in [3.63, 3.8) is 0 Å². The van der Waals surface area contributed by atoms with Gasteiger partial charge in [-0.3, -0.25) is 9.45 Å². The molecule has 2 N–H and O–H groups in total. The van der Waals surface area contributed by atoms with Gasteiger partial charge in [-0.1, -0.05) is 42.0 Å². The molecule has 3 rings (SSSR count). The average Bonchev–Trinajstić information content (AvgIpc) is 2.55. The maximum absolute atomic E-state index is 10.5. The highest BCUT2D eigenvalue weighted by Gasteiger charge is 2.14. The first-order valence-corrected chi connectivity index (χ1v) is 9.28. The molecular formula is C18H23NO4S. The number of aliphatic hydroxyl groups excluding tert-OH is 1. The van der Waals surface area contributed by atoms with Crippen LogP contribution in [0.3, 0.4) is 0 Å². The molecule has 1 aliphatic heterocycles. The molecule has 0 aliphatic carbocycles. The van der Waals surface area contributed by atoms with Crippen molar-refractivity contribution in [1.29, 1.82) is 0 Å². The van der Waals surface area contributed by atoms with E-state index >= 15 is 0 Å². The second kappa shape index (κ2) is 8.39. The number of aliphatic hydroxyl groups is 1. The van der Waals surface area contributed by atoms with Crippen LogP contribution in [0, 0.1) is 6.92 Å². The lowest BCUT2D eigenvalue weighted by molar-refractivity contribution is 0.184. The van der Waals surface area contributed by atoms with Gasteiger partial charge in [-0.05, 0) is 36.6 Å². The number of rotatable bonds is 3. The van der Waals surface area contributed by atoms with Crippen molar-refractivity contribution < 1.29 is 18.1 Å². The lowest BCUT2D eigenvalue weighted by atomic mass is 10.0. The molecule has 0 amide bonds. The van der Waals surface area contributed by atoms with Crippen LogP contribution in [0.4, 0.5) is 0 Å². The molecule has 130 valence electrons. The Labute approximate surface area is 143 Å². The van der Waals surface area contributed by atoms with Gasteiger partial charge in [-0.15, -0.1) is 0 Å². The third-order valence-electron chi connectivity index (χ3n) is 3.94. The van der Waals surface area contributed by atoms with E-state index in [4.69, 9.17) is 9.66 Å². The third kappa shape index (κ3) is 5.42. The summed E-state index contributed by atoms with van der Waals surface area (Å²) in [7, 11) is -4.02. The molecule has 24 heavy (non-hydrogen) atoms. The first kappa shape index (κ1) is 18.6. The van der Waals surface area contributed by atoms with Crippen LogP contribution in [-0.2, 0) is 23.1 Å². The van der Waals surface area contributed by atoms with Crippen LogP contribution in [0.25, 0.3) is 0 Å². The van der Waals surface area contributed by atoms with Crippen molar-refractivity contribution >= 4 is 10.1 Å². The van der Waals surface area contributed by atoms with Crippen molar-refractivity contribution in [2.45, 2.75) is 24.8 Å². The summed E-state index contributed by atoms with van der Waals surface area (Å²) >= 11 is 0. The van der Waals surface area contributed by atoms with Gasteiger partial charge >= 0.3 is 0 Å². The van der Waals surface area contributed by atoms with Crippen LogP contribution in [0.1, 0.15) is 16.7 Å². The minimum Gasteiger partial charge on any atom is -0.395 e. The summed E-state index contributed by atoms with van der Waals surface area (Å²) in [6, 6.07) is 14.5. The van der Waals surface area contributed by atoms with Crippen LogP contribution in [0.5, 0.6) is 0 Å². The number of hydrogen-bond acceptors (Lipinski definition) is 4. The molecule has 6 heteroatoms. The molecule has 5 nitrogen and oxygen atoms in total. The second-order valence-corrected chi connectivity index (χ2v) is 7.23. The van der Waals surface area contributed by atoms with Gasteiger partial charge in [0.05, 0.1) is 11.5 Å². The molecule has 2 aromatic rings. The second-order valence-electron chi connectivity index (χ2n) is 5.81. The summed E-state index contributed by atoms with van der Waals surface area (Å²) in [6.45, 7) is 4.98. The summed E-state index contributed by atoms with van der Waals surface area (Å²) < 4.78 is 29.6. The van der Waals surface area contributed by atoms with Crippen molar-refractivity contribution in [2.75, 3.05) is 19.7 Å². The molecule has 0 bridgehead atoms.